The Morgan fingerprint density at radius 3 is 3.06 bits per heavy atom. The molecule has 1 aliphatic rings. The van der Waals surface area contributed by atoms with Crippen LogP contribution in [-0.2, 0) is 4.74 Å². The normalized spacial score (nSPS) is 19.7. The van der Waals surface area contributed by atoms with Gasteiger partial charge in [0.05, 0.1) is 18.6 Å². The summed E-state index contributed by atoms with van der Waals surface area (Å²) in [7, 11) is 3.77. The lowest BCUT2D eigenvalue weighted by molar-refractivity contribution is 0.179. The number of rotatable bonds is 6. The van der Waals surface area contributed by atoms with Crippen LogP contribution in [0.2, 0.25) is 0 Å². The molecule has 0 bridgehead atoms. The first-order valence-corrected chi connectivity index (χ1v) is 6.67. The van der Waals surface area contributed by atoms with Crippen molar-refractivity contribution in [2.45, 2.75) is 11.3 Å². The second-order valence-electron chi connectivity index (χ2n) is 4.82. The summed E-state index contributed by atoms with van der Waals surface area (Å²) in [6.45, 7) is 3.14. The molecule has 2 rings (SSSR count). The Morgan fingerprint density at radius 1 is 1.50 bits per heavy atom. The van der Waals surface area contributed by atoms with Crippen LogP contribution in [0.15, 0.2) is 24.3 Å². The van der Waals surface area contributed by atoms with Gasteiger partial charge < -0.3 is 14.4 Å². The van der Waals surface area contributed by atoms with Crippen molar-refractivity contribution in [2.24, 2.45) is 0 Å². The monoisotopic (exact) mass is 269 g/mol. The molecular formula is C14H20ClNO2. The molecule has 0 aromatic heterocycles. The quantitative estimate of drug-likeness (QED) is 0.740. The molecule has 100 valence electrons. The molecule has 1 aliphatic heterocycles. The summed E-state index contributed by atoms with van der Waals surface area (Å²) in [5, 5.41) is 0.0394. The van der Waals surface area contributed by atoms with Crippen molar-refractivity contribution in [3.63, 3.8) is 0 Å². The number of nitrogens with zero attached hydrogens (tertiary/aromatic N) is 1. The second kappa shape index (κ2) is 6.41. The van der Waals surface area contributed by atoms with E-state index in [4.69, 9.17) is 21.1 Å². The van der Waals surface area contributed by atoms with E-state index < -0.39 is 0 Å². The molecule has 0 saturated carbocycles. The fraction of sp³-hybridized carbons (Fsp3) is 0.571. The number of halogens is 1. The average Bonchev–Trinajstić information content (AvgIpc) is 2.73. The van der Waals surface area contributed by atoms with Gasteiger partial charge in [0.1, 0.15) is 5.75 Å². The van der Waals surface area contributed by atoms with Crippen LogP contribution in [0.5, 0.6) is 5.75 Å². The maximum absolute atomic E-state index is 6.16. The van der Waals surface area contributed by atoms with E-state index in [1.165, 1.54) is 5.56 Å². The van der Waals surface area contributed by atoms with Crippen molar-refractivity contribution in [2.75, 3.05) is 40.5 Å². The predicted octanol–water partition coefficient (Wildman–Crippen LogP) is 2.35. The Bertz CT molecular complexity index is 386. The highest BCUT2D eigenvalue weighted by molar-refractivity contribution is 6.20. The van der Waals surface area contributed by atoms with E-state index in [-0.39, 0.29) is 5.38 Å². The van der Waals surface area contributed by atoms with Gasteiger partial charge in [0.25, 0.3) is 0 Å². The van der Waals surface area contributed by atoms with E-state index in [2.05, 4.69) is 24.1 Å². The van der Waals surface area contributed by atoms with Crippen LogP contribution < -0.4 is 4.74 Å². The number of ether oxygens (including phenoxy) is 2. The number of benzene rings is 1. The predicted molar refractivity (Wildman–Crippen MR) is 73.7 cm³/mol. The first-order valence-electron chi connectivity index (χ1n) is 6.24. The number of para-hydroxylation sites is 1. The third-order valence-electron chi connectivity index (χ3n) is 3.19. The highest BCUT2D eigenvalue weighted by atomic mass is 35.5. The number of hydrogen-bond acceptors (Lipinski definition) is 3. The van der Waals surface area contributed by atoms with Crippen molar-refractivity contribution in [1.82, 2.24) is 4.90 Å². The number of hydrogen-bond donors (Lipinski definition) is 0. The van der Waals surface area contributed by atoms with Gasteiger partial charge in [-0.3, -0.25) is 0 Å². The molecule has 0 aliphatic carbocycles. The molecule has 0 N–H and O–H groups in total. The molecule has 4 heteroatoms. The van der Waals surface area contributed by atoms with E-state index in [0.29, 0.717) is 12.5 Å². The summed E-state index contributed by atoms with van der Waals surface area (Å²) in [5.74, 6) is 1.47. The Balaban J connectivity index is 1.87. The number of fused-ring (bicyclic) bond motifs is 1. The third-order valence-corrected chi connectivity index (χ3v) is 3.45. The average molecular weight is 270 g/mol. The summed E-state index contributed by atoms with van der Waals surface area (Å²) in [6, 6.07) is 8.26. The van der Waals surface area contributed by atoms with Crippen LogP contribution in [0.4, 0.5) is 0 Å². The summed E-state index contributed by atoms with van der Waals surface area (Å²) in [5.41, 5.74) is 1.31. The molecule has 2 atom stereocenters. The Hall–Kier alpha value is -0.770. The SMILES string of the molecule is COCC(Cl)CN(C)CC1COc2ccccc21. The van der Waals surface area contributed by atoms with E-state index in [1.807, 2.05) is 12.1 Å². The largest absolute Gasteiger partial charge is 0.493 e. The van der Waals surface area contributed by atoms with Crippen molar-refractivity contribution < 1.29 is 9.47 Å². The molecule has 0 amide bonds. The smallest absolute Gasteiger partial charge is 0.122 e. The molecule has 0 saturated heterocycles. The fourth-order valence-electron chi connectivity index (χ4n) is 2.40. The van der Waals surface area contributed by atoms with Crippen molar-refractivity contribution in [3.05, 3.63) is 29.8 Å². The van der Waals surface area contributed by atoms with Gasteiger partial charge in [-0.1, -0.05) is 18.2 Å². The van der Waals surface area contributed by atoms with Gasteiger partial charge in [0.15, 0.2) is 0 Å². The molecule has 1 aromatic rings. The van der Waals surface area contributed by atoms with Crippen LogP contribution in [-0.4, -0.2) is 50.7 Å². The first kappa shape index (κ1) is 13.7. The summed E-state index contributed by atoms with van der Waals surface area (Å²) < 4.78 is 10.7. The van der Waals surface area contributed by atoms with E-state index >= 15 is 0 Å². The van der Waals surface area contributed by atoms with Crippen LogP contribution in [0.25, 0.3) is 0 Å². The second-order valence-corrected chi connectivity index (χ2v) is 5.44. The molecule has 18 heavy (non-hydrogen) atoms. The molecular weight excluding hydrogens is 250 g/mol. The lowest BCUT2D eigenvalue weighted by Crippen LogP contribution is -2.32. The van der Waals surface area contributed by atoms with Crippen molar-refractivity contribution >= 4 is 11.6 Å². The van der Waals surface area contributed by atoms with Gasteiger partial charge in [-0.2, -0.15) is 0 Å². The maximum atomic E-state index is 6.16. The van der Waals surface area contributed by atoms with E-state index in [1.54, 1.807) is 7.11 Å². The Kier molecular flexibility index (Phi) is 4.87. The van der Waals surface area contributed by atoms with Gasteiger partial charge in [-0.15, -0.1) is 11.6 Å². The topological polar surface area (TPSA) is 21.7 Å². The molecule has 1 aromatic carbocycles. The molecule has 2 unspecified atom stereocenters. The maximum Gasteiger partial charge on any atom is 0.122 e. The number of likely N-dealkylation sites (N-methyl/N-ethyl adjacent to an activating group) is 1. The van der Waals surface area contributed by atoms with Gasteiger partial charge in [-0.25, -0.2) is 0 Å². The molecule has 0 radical (unpaired) electrons. The minimum Gasteiger partial charge on any atom is -0.493 e. The highest BCUT2D eigenvalue weighted by Gasteiger charge is 2.25. The van der Waals surface area contributed by atoms with Gasteiger partial charge in [0, 0.05) is 31.7 Å². The van der Waals surface area contributed by atoms with Crippen LogP contribution in [0, 0.1) is 0 Å². The Morgan fingerprint density at radius 2 is 2.28 bits per heavy atom. The lowest BCUT2D eigenvalue weighted by atomic mass is 10.0. The first-order chi connectivity index (χ1) is 8.70. The molecule has 1 heterocycles. The van der Waals surface area contributed by atoms with E-state index in [0.717, 1.165) is 25.4 Å². The van der Waals surface area contributed by atoms with Gasteiger partial charge in [0.2, 0.25) is 0 Å². The third kappa shape index (κ3) is 3.37. The van der Waals surface area contributed by atoms with Crippen molar-refractivity contribution in [3.8, 4) is 5.75 Å². The molecule has 0 fully saturated rings. The zero-order valence-electron chi connectivity index (χ0n) is 10.9. The zero-order valence-corrected chi connectivity index (χ0v) is 11.7. The van der Waals surface area contributed by atoms with Crippen LogP contribution in [0.3, 0.4) is 0 Å². The Labute approximate surface area is 114 Å². The highest BCUT2D eigenvalue weighted by Crippen LogP contribution is 2.33. The summed E-state index contributed by atoms with van der Waals surface area (Å²) >= 11 is 6.16. The molecule has 3 nitrogen and oxygen atoms in total. The number of alkyl halides is 1. The number of methoxy groups -OCH3 is 1. The van der Waals surface area contributed by atoms with Crippen LogP contribution >= 0.6 is 11.6 Å². The standard InChI is InChI=1S/C14H20ClNO2/c1-16(8-12(15)10-17-2)7-11-9-18-14-6-4-3-5-13(11)14/h3-6,11-12H,7-10H2,1-2H3. The van der Waals surface area contributed by atoms with E-state index in [9.17, 15) is 0 Å². The van der Waals surface area contributed by atoms with Crippen LogP contribution in [0.1, 0.15) is 11.5 Å². The fourth-order valence-corrected chi connectivity index (χ4v) is 2.76. The van der Waals surface area contributed by atoms with Gasteiger partial charge in [-0.05, 0) is 13.1 Å². The van der Waals surface area contributed by atoms with Crippen molar-refractivity contribution in [1.29, 1.82) is 0 Å². The molecule has 0 spiro atoms. The minimum absolute atomic E-state index is 0.0394. The summed E-state index contributed by atoms with van der Waals surface area (Å²) in [4.78, 5) is 2.24. The summed E-state index contributed by atoms with van der Waals surface area (Å²) in [6.07, 6.45) is 0. The minimum atomic E-state index is 0.0394. The van der Waals surface area contributed by atoms with Gasteiger partial charge >= 0.3 is 0 Å². The lowest BCUT2D eigenvalue weighted by Gasteiger charge is -2.22. The zero-order chi connectivity index (χ0) is 13.0.